The summed E-state index contributed by atoms with van der Waals surface area (Å²) in [6.45, 7) is 1.48. The monoisotopic (exact) mass is 328 g/mol. The van der Waals surface area contributed by atoms with E-state index in [9.17, 15) is 14.4 Å². The van der Waals surface area contributed by atoms with Gasteiger partial charge in [0.05, 0.1) is 5.56 Å². The van der Waals surface area contributed by atoms with Crippen LogP contribution in [0.1, 0.15) is 17.3 Å². The lowest BCUT2D eigenvalue weighted by Gasteiger charge is -2.15. The van der Waals surface area contributed by atoms with Crippen LogP contribution < -0.4 is 15.4 Å². The summed E-state index contributed by atoms with van der Waals surface area (Å²) in [5.41, 5.74) is 0.314. The lowest BCUT2D eigenvalue weighted by molar-refractivity contribution is -0.126. The first kappa shape index (κ1) is 15.2. The van der Waals surface area contributed by atoms with Gasteiger partial charge in [0, 0.05) is 11.5 Å². The van der Waals surface area contributed by atoms with Gasteiger partial charge in [-0.15, -0.1) is 0 Å². The van der Waals surface area contributed by atoms with E-state index in [1.165, 1.54) is 14.0 Å². The van der Waals surface area contributed by atoms with Gasteiger partial charge >= 0.3 is 6.03 Å². The topological polar surface area (TPSA) is 84.5 Å². The molecule has 0 bridgehead atoms. The number of rotatable bonds is 4. The van der Waals surface area contributed by atoms with E-state index in [-0.39, 0.29) is 5.75 Å². The number of hydrogen-bond acceptors (Lipinski definition) is 4. The van der Waals surface area contributed by atoms with E-state index >= 15 is 0 Å². The summed E-state index contributed by atoms with van der Waals surface area (Å²) in [6, 6.07) is 4.21. The highest BCUT2D eigenvalue weighted by Gasteiger charge is 2.18. The molecule has 0 fully saturated rings. The summed E-state index contributed by atoms with van der Waals surface area (Å²) < 4.78 is 6.08. The number of carbonyl (C=O) groups is 3. The predicted molar refractivity (Wildman–Crippen MR) is 72.2 cm³/mol. The summed E-state index contributed by atoms with van der Waals surface area (Å²) in [5, 5.41) is 4.34. The molecule has 3 amide bonds. The Bertz CT molecular complexity index is 505. The zero-order valence-electron chi connectivity index (χ0n) is 10.4. The van der Waals surface area contributed by atoms with Crippen molar-refractivity contribution in [3.8, 4) is 5.75 Å². The smallest absolute Gasteiger partial charge is 0.321 e. The highest BCUT2D eigenvalue weighted by molar-refractivity contribution is 9.10. The highest BCUT2D eigenvalue weighted by atomic mass is 79.9. The molecule has 1 atom stereocenters. The standard InChI is InChI=1S/C12H13BrN2O4/c1-7(11(17)15-12(18)14-2)19-10-4-3-9(13)5-8(10)6-16/h3-7H,1-2H3,(H2,14,15,17,18)/t7-/m0/s1. The van der Waals surface area contributed by atoms with Gasteiger partial charge in [-0.3, -0.25) is 14.9 Å². The van der Waals surface area contributed by atoms with Gasteiger partial charge in [-0.1, -0.05) is 15.9 Å². The molecule has 1 rings (SSSR count). The first-order valence-corrected chi connectivity index (χ1v) is 6.21. The molecule has 0 spiro atoms. The number of hydrogen-bond donors (Lipinski definition) is 2. The second kappa shape index (κ2) is 6.89. The maximum absolute atomic E-state index is 11.6. The number of nitrogens with one attached hydrogen (secondary N) is 2. The first-order chi connectivity index (χ1) is 8.97. The van der Waals surface area contributed by atoms with Crippen LogP contribution >= 0.6 is 15.9 Å². The molecule has 0 aliphatic rings. The maximum atomic E-state index is 11.6. The number of imide groups is 1. The second-order valence-electron chi connectivity index (χ2n) is 3.63. The van der Waals surface area contributed by atoms with Crippen molar-refractivity contribution in [3.05, 3.63) is 28.2 Å². The fourth-order valence-electron chi connectivity index (χ4n) is 1.24. The van der Waals surface area contributed by atoms with Crippen LogP contribution in [-0.2, 0) is 4.79 Å². The van der Waals surface area contributed by atoms with Crippen LogP contribution in [0.15, 0.2) is 22.7 Å². The molecule has 19 heavy (non-hydrogen) atoms. The summed E-state index contributed by atoms with van der Waals surface area (Å²) in [6.07, 6.45) is -0.277. The van der Waals surface area contributed by atoms with Crippen molar-refractivity contribution in [2.45, 2.75) is 13.0 Å². The Balaban J connectivity index is 2.76. The van der Waals surface area contributed by atoms with E-state index in [1.807, 2.05) is 0 Å². The van der Waals surface area contributed by atoms with Crippen LogP contribution in [0.25, 0.3) is 0 Å². The van der Waals surface area contributed by atoms with Crippen molar-refractivity contribution in [2.24, 2.45) is 0 Å². The van der Waals surface area contributed by atoms with Crippen molar-refractivity contribution >= 4 is 34.2 Å². The fraction of sp³-hybridized carbons (Fsp3) is 0.250. The molecule has 0 aliphatic heterocycles. The Labute approximate surface area is 118 Å². The lowest BCUT2D eigenvalue weighted by Crippen LogP contribution is -2.44. The number of ether oxygens (including phenoxy) is 1. The van der Waals surface area contributed by atoms with E-state index in [4.69, 9.17) is 4.74 Å². The summed E-state index contributed by atoms with van der Waals surface area (Å²) in [7, 11) is 1.40. The van der Waals surface area contributed by atoms with Crippen molar-refractivity contribution in [1.29, 1.82) is 0 Å². The molecule has 0 heterocycles. The Kier molecular flexibility index (Phi) is 5.50. The minimum absolute atomic E-state index is 0.276. The molecule has 0 unspecified atom stereocenters. The summed E-state index contributed by atoms with van der Waals surface area (Å²) in [5.74, 6) is -0.322. The van der Waals surface area contributed by atoms with Crippen LogP contribution in [0.4, 0.5) is 4.79 Å². The van der Waals surface area contributed by atoms with Gasteiger partial charge in [0.15, 0.2) is 12.4 Å². The lowest BCUT2D eigenvalue weighted by atomic mass is 10.2. The normalized spacial score (nSPS) is 11.3. The minimum Gasteiger partial charge on any atom is -0.480 e. The summed E-state index contributed by atoms with van der Waals surface area (Å²) in [4.78, 5) is 33.5. The van der Waals surface area contributed by atoms with Crippen molar-refractivity contribution < 1.29 is 19.1 Å². The molecule has 1 aromatic carbocycles. The molecule has 1 aromatic rings. The van der Waals surface area contributed by atoms with Crippen LogP contribution in [-0.4, -0.2) is 31.4 Å². The molecule has 0 aliphatic carbocycles. The average molecular weight is 329 g/mol. The Morgan fingerprint density at radius 1 is 1.42 bits per heavy atom. The van der Waals surface area contributed by atoms with E-state index in [0.29, 0.717) is 11.8 Å². The largest absolute Gasteiger partial charge is 0.480 e. The Morgan fingerprint density at radius 2 is 2.11 bits per heavy atom. The second-order valence-corrected chi connectivity index (χ2v) is 4.54. The molecule has 0 aromatic heterocycles. The molecule has 102 valence electrons. The third kappa shape index (κ3) is 4.36. The van der Waals surface area contributed by atoms with Crippen molar-refractivity contribution in [1.82, 2.24) is 10.6 Å². The molecular formula is C12H13BrN2O4. The fourth-order valence-corrected chi connectivity index (χ4v) is 1.62. The Hall–Kier alpha value is -1.89. The molecule has 7 heteroatoms. The molecule has 0 saturated heterocycles. The number of urea groups is 1. The maximum Gasteiger partial charge on any atom is 0.321 e. The molecule has 0 radical (unpaired) electrons. The molecular weight excluding hydrogens is 316 g/mol. The highest BCUT2D eigenvalue weighted by Crippen LogP contribution is 2.22. The zero-order valence-corrected chi connectivity index (χ0v) is 12.0. The van der Waals surface area contributed by atoms with E-state index in [1.54, 1.807) is 18.2 Å². The molecule has 0 saturated carbocycles. The number of amides is 3. The van der Waals surface area contributed by atoms with Crippen LogP contribution in [0.2, 0.25) is 0 Å². The SMILES string of the molecule is CNC(=O)NC(=O)[C@H](C)Oc1ccc(Br)cc1C=O. The van der Waals surface area contributed by atoms with Crippen LogP contribution in [0.3, 0.4) is 0 Å². The number of benzene rings is 1. The van der Waals surface area contributed by atoms with E-state index < -0.39 is 18.0 Å². The Morgan fingerprint density at radius 3 is 2.68 bits per heavy atom. The van der Waals surface area contributed by atoms with Gasteiger partial charge < -0.3 is 10.1 Å². The molecule has 2 N–H and O–H groups in total. The van der Waals surface area contributed by atoms with Crippen LogP contribution in [0, 0.1) is 0 Å². The van der Waals surface area contributed by atoms with E-state index in [0.717, 1.165) is 4.47 Å². The van der Waals surface area contributed by atoms with Gasteiger partial charge in [-0.2, -0.15) is 0 Å². The summed E-state index contributed by atoms with van der Waals surface area (Å²) >= 11 is 3.23. The van der Waals surface area contributed by atoms with E-state index in [2.05, 4.69) is 26.6 Å². The number of carbonyl (C=O) groups excluding carboxylic acids is 3. The third-order valence-electron chi connectivity index (χ3n) is 2.24. The molecule has 6 nitrogen and oxygen atoms in total. The average Bonchev–Trinajstić information content (AvgIpc) is 2.40. The van der Waals surface area contributed by atoms with Gasteiger partial charge in [0.25, 0.3) is 5.91 Å². The third-order valence-corrected chi connectivity index (χ3v) is 2.73. The van der Waals surface area contributed by atoms with Gasteiger partial charge in [-0.25, -0.2) is 4.79 Å². The number of aldehydes is 1. The quantitative estimate of drug-likeness (QED) is 0.820. The minimum atomic E-state index is -0.905. The van der Waals surface area contributed by atoms with Gasteiger partial charge in [-0.05, 0) is 25.1 Å². The van der Waals surface area contributed by atoms with Crippen molar-refractivity contribution in [2.75, 3.05) is 7.05 Å². The van der Waals surface area contributed by atoms with Crippen molar-refractivity contribution in [3.63, 3.8) is 0 Å². The number of halogens is 1. The zero-order chi connectivity index (χ0) is 14.4. The first-order valence-electron chi connectivity index (χ1n) is 5.42. The van der Waals surface area contributed by atoms with Gasteiger partial charge in [0.1, 0.15) is 5.75 Å². The van der Waals surface area contributed by atoms with Gasteiger partial charge in [0.2, 0.25) is 0 Å². The predicted octanol–water partition coefficient (Wildman–Crippen LogP) is 1.48. The van der Waals surface area contributed by atoms with Crippen LogP contribution in [0.5, 0.6) is 5.75 Å².